The third-order valence-corrected chi connectivity index (χ3v) is 4.83. The van der Waals surface area contributed by atoms with Crippen molar-refractivity contribution >= 4 is 33.8 Å². The monoisotopic (exact) mass is 371 g/mol. The van der Waals surface area contributed by atoms with Crippen LogP contribution >= 0.6 is 11.3 Å². The molecule has 4 aromatic rings. The molecule has 0 saturated heterocycles. The zero-order chi connectivity index (χ0) is 18.6. The Kier molecular flexibility index (Phi) is 4.52. The molecule has 5 nitrogen and oxygen atoms in total. The first-order valence-corrected chi connectivity index (χ1v) is 9.03. The molecule has 0 bridgehead atoms. The Bertz CT molecular complexity index is 1170. The minimum atomic E-state index is -0.312. The van der Waals surface area contributed by atoms with Gasteiger partial charge in [-0.25, -0.2) is 0 Å². The van der Waals surface area contributed by atoms with E-state index in [1.807, 2.05) is 36.4 Å². The SMILES string of the molecule is N#Cc1ccsc1C(=O)Nc1cccc(Oc2ccnc3ccccc23)c1. The van der Waals surface area contributed by atoms with E-state index in [9.17, 15) is 4.79 Å². The molecule has 0 spiro atoms. The fourth-order valence-corrected chi connectivity index (χ4v) is 3.42. The van der Waals surface area contributed by atoms with Gasteiger partial charge in [0.2, 0.25) is 0 Å². The van der Waals surface area contributed by atoms with Gasteiger partial charge in [0.15, 0.2) is 0 Å². The van der Waals surface area contributed by atoms with Crippen molar-refractivity contribution < 1.29 is 9.53 Å². The molecule has 0 radical (unpaired) electrons. The van der Waals surface area contributed by atoms with Gasteiger partial charge in [-0.05, 0) is 41.8 Å². The number of anilines is 1. The highest BCUT2D eigenvalue weighted by Crippen LogP contribution is 2.30. The summed E-state index contributed by atoms with van der Waals surface area (Å²) in [6, 6.07) is 20.3. The van der Waals surface area contributed by atoms with E-state index in [2.05, 4.69) is 10.3 Å². The number of carbonyl (C=O) groups excluding carboxylic acids is 1. The van der Waals surface area contributed by atoms with Gasteiger partial charge in [-0.3, -0.25) is 9.78 Å². The molecule has 27 heavy (non-hydrogen) atoms. The van der Waals surface area contributed by atoms with Crippen molar-refractivity contribution in [2.75, 3.05) is 5.32 Å². The number of carbonyl (C=O) groups is 1. The van der Waals surface area contributed by atoms with Crippen LogP contribution in [0.25, 0.3) is 10.9 Å². The van der Waals surface area contributed by atoms with Crippen molar-refractivity contribution in [2.45, 2.75) is 0 Å². The topological polar surface area (TPSA) is 75.0 Å². The minimum absolute atomic E-state index is 0.312. The quantitative estimate of drug-likeness (QED) is 0.534. The summed E-state index contributed by atoms with van der Waals surface area (Å²) in [5, 5.41) is 14.5. The zero-order valence-corrected chi connectivity index (χ0v) is 14.9. The first kappa shape index (κ1) is 16.8. The number of pyridine rings is 1. The van der Waals surface area contributed by atoms with Crippen molar-refractivity contribution in [3.8, 4) is 17.6 Å². The van der Waals surface area contributed by atoms with E-state index in [-0.39, 0.29) is 5.91 Å². The molecule has 1 amide bonds. The van der Waals surface area contributed by atoms with E-state index in [0.29, 0.717) is 27.6 Å². The van der Waals surface area contributed by atoms with Gasteiger partial charge in [0.25, 0.3) is 5.91 Å². The molecule has 4 rings (SSSR count). The standard InChI is InChI=1S/C21H13N3O2S/c22-13-14-9-11-27-20(14)21(25)24-15-4-3-5-16(12-15)26-19-8-10-23-18-7-2-1-6-17(18)19/h1-12H,(H,24,25). The number of aromatic nitrogens is 1. The van der Waals surface area contributed by atoms with Gasteiger partial charge in [0.1, 0.15) is 22.4 Å². The largest absolute Gasteiger partial charge is 0.457 e. The zero-order valence-electron chi connectivity index (χ0n) is 14.0. The highest BCUT2D eigenvalue weighted by molar-refractivity contribution is 7.12. The lowest BCUT2D eigenvalue weighted by molar-refractivity contribution is 0.103. The number of thiophene rings is 1. The van der Waals surface area contributed by atoms with Crippen molar-refractivity contribution in [3.05, 3.63) is 82.7 Å². The van der Waals surface area contributed by atoms with Gasteiger partial charge in [-0.2, -0.15) is 5.26 Å². The molecule has 0 atom stereocenters. The molecule has 0 saturated carbocycles. The van der Waals surface area contributed by atoms with Crippen molar-refractivity contribution in [1.82, 2.24) is 4.98 Å². The summed E-state index contributed by atoms with van der Waals surface area (Å²) in [6.07, 6.45) is 1.70. The summed E-state index contributed by atoms with van der Waals surface area (Å²) in [5.74, 6) is 0.970. The van der Waals surface area contributed by atoms with Crippen LogP contribution in [0.15, 0.2) is 72.2 Å². The summed E-state index contributed by atoms with van der Waals surface area (Å²) < 4.78 is 6.01. The molecule has 1 N–H and O–H groups in total. The molecule has 2 aromatic carbocycles. The Morgan fingerprint density at radius 1 is 1.11 bits per heavy atom. The predicted molar refractivity (Wildman–Crippen MR) is 105 cm³/mol. The predicted octanol–water partition coefficient (Wildman–Crippen LogP) is 5.21. The maximum absolute atomic E-state index is 12.4. The third-order valence-electron chi connectivity index (χ3n) is 3.92. The lowest BCUT2D eigenvalue weighted by Gasteiger charge is -2.10. The normalized spacial score (nSPS) is 10.3. The number of para-hydroxylation sites is 1. The molecule has 2 aromatic heterocycles. The lowest BCUT2D eigenvalue weighted by atomic mass is 10.2. The fourth-order valence-electron chi connectivity index (χ4n) is 2.68. The van der Waals surface area contributed by atoms with E-state index in [1.165, 1.54) is 11.3 Å². The Labute approximate surface area is 159 Å². The van der Waals surface area contributed by atoms with E-state index < -0.39 is 0 Å². The molecule has 2 heterocycles. The van der Waals surface area contributed by atoms with Crippen LogP contribution in [0.5, 0.6) is 11.5 Å². The van der Waals surface area contributed by atoms with E-state index in [1.54, 1.807) is 41.9 Å². The number of hydrogen-bond acceptors (Lipinski definition) is 5. The van der Waals surface area contributed by atoms with Crippen LogP contribution in [0.3, 0.4) is 0 Å². The van der Waals surface area contributed by atoms with Crippen LogP contribution in [0.1, 0.15) is 15.2 Å². The fraction of sp³-hybridized carbons (Fsp3) is 0. The van der Waals surface area contributed by atoms with E-state index >= 15 is 0 Å². The molecule has 0 aliphatic heterocycles. The van der Waals surface area contributed by atoms with Crippen LogP contribution in [0, 0.1) is 11.3 Å². The van der Waals surface area contributed by atoms with Gasteiger partial charge in [0.05, 0.1) is 11.1 Å². The maximum atomic E-state index is 12.4. The second-order valence-electron chi connectivity index (χ2n) is 5.69. The number of rotatable bonds is 4. The second-order valence-corrected chi connectivity index (χ2v) is 6.60. The van der Waals surface area contributed by atoms with Crippen LogP contribution in [0.4, 0.5) is 5.69 Å². The van der Waals surface area contributed by atoms with E-state index in [4.69, 9.17) is 10.00 Å². The summed E-state index contributed by atoms with van der Waals surface area (Å²) >= 11 is 1.24. The van der Waals surface area contributed by atoms with Crippen LogP contribution < -0.4 is 10.1 Å². The summed E-state index contributed by atoms with van der Waals surface area (Å²) in [7, 11) is 0. The van der Waals surface area contributed by atoms with Crippen molar-refractivity contribution in [2.24, 2.45) is 0 Å². The van der Waals surface area contributed by atoms with Crippen LogP contribution in [-0.2, 0) is 0 Å². The number of nitrogens with one attached hydrogen (secondary N) is 1. The Hall–Kier alpha value is -3.69. The maximum Gasteiger partial charge on any atom is 0.267 e. The minimum Gasteiger partial charge on any atom is -0.457 e. The Balaban J connectivity index is 1.58. The molecule has 6 heteroatoms. The Morgan fingerprint density at radius 3 is 2.89 bits per heavy atom. The molecule has 0 aliphatic rings. The van der Waals surface area contributed by atoms with Crippen LogP contribution in [-0.4, -0.2) is 10.9 Å². The van der Waals surface area contributed by atoms with Crippen LogP contribution in [0.2, 0.25) is 0 Å². The number of hydrogen-bond donors (Lipinski definition) is 1. The highest BCUT2D eigenvalue weighted by atomic mass is 32.1. The average molecular weight is 371 g/mol. The van der Waals surface area contributed by atoms with Gasteiger partial charge in [-0.1, -0.05) is 18.2 Å². The van der Waals surface area contributed by atoms with Gasteiger partial charge >= 0.3 is 0 Å². The van der Waals surface area contributed by atoms with Gasteiger partial charge < -0.3 is 10.1 Å². The van der Waals surface area contributed by atoms with Gasteiger partial charge in [-0.15, -0.1) is 11.3 Å². The van der Waals surface area contributed by atoms with Crippen molar-refractivity contribution in [1.29, 1.82) is 5.26 Å². The lowest BCUT2D eigenvalue weighted by Crippen LogP contribution is -2.11. The molecular weight excluding hydrogens is 358 g/mol. The first-order valence-electron chi connectivity index (χ1n) is 8.15. The van der Waals surface area contributed by atoms with E-state index in [0.717, 1.165) is 10.9 Å². The molecule has 130 valence electrons. The summed E-state index contributed by atoms with van der Waals surface area (Å²) in [5.41, 5.74) is 1.81. The summed E-state index contributed by atoms with van der Waals surface area (Å²) in [6.45, 7) is 0. The number of ether oxygens (including phenoxy) is 1. The average Bonchev–Trinajstić information content (AvgIpc) is 3.18. The van der Waals surface area contributed by atoms with Gasteiger partial charge in [0, 0.05) is 23.3 Å². The molecular formula is C21H13N3O2S. The third kappa shape index (κ3) is 3.50. The number of nitrogens with zero attached hydrogens (tertiary/aromatic N) is 2. The second kappa shape index (κ2) is 7.28. The smallest absolute Gasteiger partial charge is 0.267 e. The molecule has 0 unspecified atom stereocenters. The molecule has 0 fully saturated rings. The van der Waals surface area contributed by atoms with Crippen molar-refractivity contribution in [3.63, 3.8) is 0 Å². The summed E-state index contributed by atoms with van der Waals surface area (Å²) in [4.78, 5) is 17.1. The Morgan fingerprint density at radius 2 is 2.00 bits per heavy atom. The number of amides is 1. The number of nitriles is 1. The number of fused-ring (bicyclic) bond motifs is 1. The number of benzene rings is 2. The highest BCUT2D eigenvalue weighted by Gasteiger charge is 2.13. The molecule has 0 aliphatic carbocycles. The first-order chi connectivity index (χ1) is 13.2.